The molecule has 23 heavy (non-hydrogen) atoms. The zero-order valence-electron chi connectivity index (χ0n) is 11.9. The van der Waals surface area contributed by atoms with Gasteiger partial charge in [-0.3, -0.25) is 9.36 Å². The van der Waals surface area contributed by atoms with Crippen molar-refractivity contribution in [3.05, 3.63) is 87.3 Å². The summed E-state index contributed by atoms with van der Waals surface area (Å²) in [6.07, 6.45) is 1.50. The van der Waals surface area contributed by atoms with E-state index in [9.17, 15) is 14.9 Å². The number of rotatable bonds is 1. The minimum absolute atomic E-state index is 0.0517. The van der Waals surface area contributed by atoms with Crippen LogP contribution in [0.3, 0.4) is 0 Å². The van der Waals surface area contributed by atoms with E-state index in [2.05, 4.69) is 0 Å². The summed E-state index contributed by atoms with van der Waals surface area (Å²) in [6, 6.07) is 16.8. The number of nitrogens with zero attached hydrogens (tertiary/aromatic N) is 3. The maximum absolute atomic E-state index is 12.7. The van der Waals surface area contributed by atoms with Crippen LogP contribution in [0.25, 0.3) is 27.8 Å². The van der Waals surface area contributed by atoms with Crippen molar-refractivity contribution in [2.75, 3.05) is 0 Å². The van der Waals surface area contributed by atoms with Crippen LogP contribution in [0.5, 0.6) is 0 Å². The Labute approximate surface area is 129 Å². The minimum Gasteiger partial charge on any atom is -0.805 e. The number of para-hydroxylation sites is 3. The van der Waals surface area contributed by atoms with Crippen LogP contribution >= 0.6 is 0 Å². The van der Waals surface area contributed by atoms with Gasteiger partial charge in [-0.15, -0.1) is 0 Å². The first-order chi connectivity index (χ1) is 11.2. The highest BCUT2D eigenvalue weighted by Crippen LogP contribution is 2.15. The normalized spacial score (nSPS) is 11.1. The molecule has 0 radical (unpaired) electrons. The maximum Gasteiger partial charge on any atom is 0.351 e. The second kappa shape index (κ2) is 4.81. The number of benzene rings is 2. The fourth-order valence-corrected chi connectivity index (χ4v) is 2.72. The molecule has 0 fully saturated rings. The van der Waals surface area contributed by atoms with Gasteiger partial charge in [0.05, 0.1) is 4.43 Å². The molecule has 4 aromatic rings. The molecule has 2 aromatic heterocycles. The fourth-order valence-electron chi connectivity index (χ4n) is 2.72. The number of fused-ring (bicyclic) bond motifs is 2. The van der Waals surface area contributed by atoms with Gasteiger partial charge in [0.1, 0.15) is 11.0 Å². The van der Waals surface area contributed by atoms with Gasteiger partial charge in [0.2, 0.25) is 0 Å². The molecule has 6 heteroatoms. The highest BCUT2D eigenvalue weighted by atomic mass is 16.5. The van der Waals surface area contributed by atoms with E-state index in [-0.39, 0.29) is 22.1 Å². The third kappa shape index (κ3) is 1.85. The van der Waals surface area contributed by atoms with Crippen LogP contribution < -0.4 is 9.99 Å². The van der Waals surface area contributed by atoms with Gasteiger partial charge in [-0.25, -0.2) is 0 Å². The molecule has 0 saturated heterocycles. The van der Waals surface area contributed by atoms with Crippen molar-refractivity contribution in [1.29, 1.82) is 0 Å². The Balaban J connectivity index is 2.21. The number of hydrogen-bond acceptors (Lipinski definition) is 3. The third-order valence-electron chi connectivity index (χ3n) is 3.82. The molecule has 112 valence electrons. The maximum atomic E-state index is 12.7. The van der Waals surface area contributed by atoms with Crippen molar-refractivity contribution in [2.24, 2.45) is 0 Å². The lowest BCUT2D eigenvalue weighted by atomic mass is 10.2. The molecule has 0 bridgehead atoms. The quantitative estimate of drug-likeness (QED) is 0.400. The Kier molecular flexibility index (Phi) is 2.77. The first kappa shape index (κ1) is 13.3. The largest absolute Gasteiger partial charge is 0.805 e. The van der Waals surface area contributed by atoms with Crippen LogP contribution in [0, 0.1) is 10.1 Å². The fraction of sp³-hybridized carbons (Fsp3) is 0. The Hall–Kier alpha value is -3.41. The van der Waals surface area contributed by atoms with Crippen molar-refractivity contribution in [3.63, 3.8) is 0 Å². The van der Waals surface area contributed by atoms with Crippen molar-refractivity contribution >= 4 is 22.1 Å². The monoisotopic (exact) mass is 305 g/mol. The van der Waals surface area contributed by atoms with E-state index in [0.29, 0.717) is 14.8 Å². The summed E-state index contributed by atoms with van der Waals surface area (Å²) in [5.41, 5.74) is 0.370. The average molecular weight is 305 g/mol. The second-order valence-corrected chi connectivity index (χ2v) is 5.14. The minimum atomic E-state index is -0.529. The van der Waals surface area contributed by atoms with Gasteiger partial charge >= 0.3 is 11.1 Å². The first-order valence-corrected chi connectivity index (χ1v) is 7.03. The Morgan fingerprint density at radius 3 is 2.35 bits per heavy atom. The second-order valence-electron chi connectivity index (χ2n) is 5.14. The lowest BCUT2D eigenvalue weighted by molar-refractivity contribution is -0.433. The Bertz CT molecular complexity index is 1160. The highest BCUT2D eigenvalue weighted by molar-refractivity contribution is 5.82. The summed E-state index contributed by atoms with van der Waals surface area (Å²) in [5.74, 6) is 0. The van der Waals surface area contributed by atoms with E-state index in [1.807, 2.05) is 6.07 Å². The summed E-state index contributed by atoms with van der Waals surface area (Å²) in [6.45, 7) is 0. The molecule has 0 N–H and O–H groups in total. The lowest BCUT2D eigenvalue weighted by Gasteiger charge is -2.14. The van der Waals surface area contributed by atoms with Gasteiger partial charge in [0.15, 0.2) is 0 Å². The predicted octanol–water partition coefficient (Wildman–Crippen LogP) is 2.21. The number of hydrogen-bond donors (Lipinski definition) is 0. The molecule has 0 aliphatic rings. The average Bonchev–Trinajstić information content (AvgIpc) is 2.60. The van der Waals surface area contributed by atoms with Gasteiger partial charge in [-0.05, 0) is 24.3 Å². The topological polar surface area (TPSA) is 73.0 Å². The zero-order valence-corrected chi connectivity index (χ0v) is 11.9. The number of aromatic nitrogens is 3. The van der Waals surface area contributed by atoms with Crippen LogP contribution in [-0.4, -0.2) is 9.30 Å². The molecule has 0 aliphatic heterocycles. The molecular formula is C17H11N3O3. The van der Waals surface area contributed by atoms with Crippen molar-refractivity contribution in [3.8, 4) is 5.69 Å². The summed E-state index contributed by atoms with van der Waals surface area (Å²) in [5, 5.41) is 12.5. The molecule has 0 aliphatic carbocycles. The van der Waals surface area contributed by atoms with Gasteiger partial charge in [-0.1, -0.05) is 30.3 Å². The summed E-state index contributed by atoms with van der Waals surface area (Å²) in [7, 11) is 0. The summed E-state index contributed by atoms with van der Waals surface area (Å²) in [4.78, 5) is 25.3. The van der Waals surface area contributed by atoms with Crippen LogP contribution in [0.4, 0.5) is 0 Å². The van der Waals surface area contributed by atoms with E-state index in [1.54, 1.807) is 42.5 Å². The lowest BCUT2D eigenvalue weighted by Crippen LogP contribution is -2.30. The zero-order chi connectivity index (χ0) is 16.0. The summed E-state index contributed by atoms with van der Waals surface area (Å²) >= 11 is 0. The molecule has 6 nitrogen and oxygen atoms in total. The van der Waals surface area contributed by atoms with Gasteiger partial charge in [0.25, 0.3) is 5.52 Å². The molecule has 0 amide bonds. The van der Waals surface area contributed by atoms with E-state index < -0.39 is 5.56 Å². The molecule has 4 rings (SSSR count). The first-order valence-electron chi connectivity index (χ1n) is 7.03. The van der Waals surface area contributed by atoms with Gasteiger partial charge in [0, 0.05) is 22.9 Å². The standard InChI is InChI=1S/C17H11N3O3/c21-17-16-15(10-11-18(17)12-6-2-1-3-7-12)19(22)13-8-4-5-9-14(13)20(16)23/h1-11H. The smallest absolute Gasteiger partial charge is 0.351 e. The Morgan fingerprint density at radius 1 is 0.870 bits per heavy atom. The van der Waals surface area contributed by atoms with E-state index in [4.69, 9.17) is 0 Å². The van der Waals surface area contributed by atoms with Gasteiger partial charge in [-0.2, -0.15) is 0 Å². The SMILES string of the molecule is O=c1c2c(ccn1-c1ccccc1)n([O-])c1ccccc1[n+]2=O. The molecule has 0 unspecified atom stereocenters. The molecule has 0 spiro atoms. The van der Waals surface area contributed by atoms with Gasteiger partial charge < -0.3 is 9.94 Å². The van der Waals surface area contributed by atoms with Crippen LogP contribution in [0.15, 0.2) is 71.7 Å². The Morgan fingerprint density at radius 2 is 1.57 bits per heavy atom. The van der Waals surface area contributed by atoms with Crippen LogP contribution in [0.1, 0.15) is 0 Å². The third-order valence-corrected chi connectivity index (χ3v) is 3.82. The molecule has 0 atom stereocenters. The van der Waals surface area contributed by atoms with Crippen LogP contribution in [0.2, 0.25) is 0 Å². The van der Waals surface area contributed by atoms with E-state index >= 15 is 0 Å². The van der Waals surface area contributed by atoms with Crippen molar-refractivity contribution in [1.82, 2.24) is 9.30 Å². The number of pyridine rings is 1. The van der Waals surface area contributed by atoms with Crippen molar-refractivity contribution < 1.29 is 4.43 Å². The van der Waals surface area contributed by atoms with E-state index in [1.165, 1.54) is 22.9 Å². The molecule has 0 saturated carbocycles. The molecule has 2 heterocycles. The predicted molar refractivity (Wildman–Crippen MR) is 87.2 cm³/mol. The molecular weight excluding hydrogens is 294 g/mol. The molecule has 2 aromatic carbocycles. The van der Waals surface area contributed by atoms with Crippen molar-refractivity contribution in [2.45, 2.75) is 0 Å². The van der Waals surface area contributed by atoms with E-state index in [0.717, 1.165) is 0 Å². The van der Waals surface area contributed by atoms with Crippen LogP contribution in [-0.2, 0) is 0 Å². The highest BCUT2D eigenvalue weighted by Gasteiger charge is 2.20. The summed E-state index contributed by atoms with van der Waals surface area (Å²) < 4.78 is 2.50.